The van der Waals surface area contributed by atoms with Gasteiger partial charge in [-0.25, -0.2) is 13.6 Å². The first kappa shape index (κ1) is 15.4. The normalized spacial score (nSPS) is 10.5. The van der Waals surface area contributed by atoms with Crippen LogP contribution in [0.5, 0.6) is 5.75 Å². The minimum absolute atomic E-state index is 0.299. The highest BCUT2D eigenvalue weighted by molar-refractivity contribution is 5.88. The SMILES string of the molecule is Cc1ccc(C=CC(=O)Oc2cc(F)c(C#N)c(F)c2)cc1. The average Bonchev–Trinajstić information content (AvgIpc) is 2.46. The van der Waals surface area contributed by atoms with Crippen molar-refractivity contribution < 1.29 is 18.3 Å². The van der Waals surface area contributed by atoms with Crippen LogP contribution in [0.15, 0.2) is 42.5 Å². The van der Waals surface area contributed by atoms with Gasteiger partial charge in [-0.2, -0.15) is 5.26 Å². The molecule has 2 aromatic carbocycles. The summed E-state index contributed by atoms with van der Waals surface area (Å²) in [5, 5.41) is 8.55. The zero-order valence-electron chi connectivity index (χ0n) is 11.6. The Bertz CT molecular complexity index is 751. The van der Waals surface area contributed by atoms with Gasteiger partial charge in [0.05, 0.1) is 0 Å². The molecule has 0 atom stereocenters. The second-order valence-corrected chi connectivity index (χ2v) is 4.54. The largest absolute Gasteiger partial charge is 0.423 e. The molecule has 2 rings (SSSR count). The molecule has 0 aliphatic rings. The van der Waals surface area contributed by atoms with Crippen molar-refractivity contribution in [1.82, 2.24) is 0 Å². The van der Waals surface area contributed by atoms with Crippen molar-refractivity contribution >= 4 is 12.0 Å². The number of nitriles is 1. The monoisotopic (exact) mass is 299 g/mol. The number of hydrogen-bond acceptors (Lipinski definition) is 3. The van der Waals surface area contributed by atoms with Gasteiger partial charge < -0.3 is 4.74 Å². The number of rotatable bonds is 3. The Morgan fingerprint density at radius 3 is 2.32 bits per heavy atom. The molecule has 0 heterocycles. The average molecular weight is 299 g/mol. The van der Waals surface area contributed by atoms with Crippen LogP contribution in [0.1, 0.15) is 16.7 Å². The van der Waals surface area contributed by atoms with Crippen molar-refractivity contribution in [3.8, 4) is 11.8 Å². The van der Waals surface area contributed by atoms with Gasteiger partial charge in [-0.15, -0.1) is 0 Å². The Balaban J connectivity index is 2.09. The molecule has 0 unspecified atom stereocenters. The van der Waals surface area contributed by atoms with Crippen LogP contribution in [0.2, 0.25) is 0 Å². The van der Waals surface area contributed by atoms with Crippen LogP contribution in [0.4, 0.5) is 8.78 Å². The van der Waals surface area contributed by atoms with Gasteiger partial charge in [0.1, 0.15) is 29.0 Å². The highest BCUT2D eigenvalue weighted by atomic mass is 19.1. The summed E-state index contributed by atoms with van der Waals surface area (Å²) < 4.78 is 31.6. The Hall–Kier alpha value is -3.00. The van der Waals surface area contributed by atoms with Crippen LogP contribution < -0.4 is 4.74 Å². The molecular formula is C17H11F2NO2. The van der Waals surface area contributed by atoms with Gasteiger partial charge in [0.25, 0.3) is 0 Å². The molecule has 0 saturated carbocycles. The zero-order chi connectivity index (χ0) is 16.1. The fraction of sp³-hybridized carbons (Fsp3) is 0.0588. The standard InChI is InChI=1S/C17H11F2NO2/c1-11-2-4-12(5-3-11)6-7-17(21)22-13-8-15(18)14(10-20)16(19)9-13/h2-9H,1H3. The quantitative estimate of drug-likeness (QED) is 0.492. The maximum absolute atomic E-state index is 13.4. The van der Waals surface area contributed by atoms with Gasteiger partial charge in [0.2, 0.25) is 0 Å². The molecule has 0 fully saturated rings. The third kappa shape index (κ3) is 3.76. The van der Waals surface area contributed by atoms with E-state index in [-0.39, 0.29) is 5.75 Å². The number of hydrogen-bond donors (Lipinski definition) is 0. The Kier molecular flexibility index (Phi) is 4.64. The number of aryl methyl sites for hydroxylation is 1. The zero-order valence-corrected chi connectivity index (χ0v) is 11.6. The molecule has 110 valence electrons. The molecule has 0 aromatic heterocycles. The van der Waals surface area contributed by atoms with Gasteiger partial charge in [-0.1, -0.05) is 29.8 Å². The lowest BCUT2D eigenvalue weighted by molar-refractivity contribution is -0.128. The van der Waals surface area contributed by atoms with Gasteiger partial charge in [0.15, 0.2) is 0 Å². The predicted octanol–water partition coefficient (Wildman–Crippen LogP) is 3.76. The molecule has 22 heavy (non-hydrogen) atoms. The van der Waals surface area contributed by atoms with Crippen LogP contribution in [0.3, 0.4) is 0 Å². The van der Waals surface area contributed by atoms with E-state index < -0.39 is 23.2 Å². The van der Waals surface area contributed by atoms with E-state index in [1.54, 1.807) is 0 Å². The van der Waals surface area contributed by atoms with Crippen molar-refractivity contribution in [2.24, 2.45) is 0 Å². The van der Waals surface area contributed by atoms with E-state index in [0.29, 0.717) is 0 Å². The van der Waals surface area contributed by atoms with Gasteiger partial charge in [-0.3, -0.25) is 0 Å². The van der Waals surface area contributed by atoms with Crippen molar-refractivity contribution in [3.63, 3.8) is 0 Å². The summed E-state index contributed by atoms with van der Waals surface area (Å²) in [5.41, 5.74) is 1.16. The Morgan fingerprint density at radius 1 is 1.18 bits per heavy atom. The lowest BCUT2D eigenvalue weighted by atomic mass is 10.1. The summed E-state index contributed by atoms with van der Waals surface area (Å²) in [6, 6.07) is 10.4. The first-order valence-electron chi connectivity index (χ1n) is 6.35. The molecule has 0 aliphatic carbocycles. The summed E-state index contributed by atoms with van der Waals surface area (Å²) in [6.45, 7) is 1.94. The molecule has 0 saturated heterocycles. The van der Waals surface area contributed by atoms with Gasteiger partial charge >= 0.3 is 5.97 Å². The highest BCUT2D eigenvalue weighted by Gasteiger charge is 2.12. The number of carbonyl (C=O) groups is 1. The predicted molar refractivity (Wildman–Crippen MR) is 76.9 cm³/mol. The van der Waals surface area contributed by atoms with Crippen molar-refractivity contribution in [3.05, 3.63) is 70.8 Å². The summed E-state index contributed by atoms with van der Waals surface area (Å²) in [5.74, 6) is -3.22. The number of benzene rings is 2. The first-order valence-corrected chi connectivity index (χ1v) is 6.35. The maximum atomic E-state index is 13.4. The number of esters is 1. The fourth-order valence-corrected chi connectivity index (χ4v) is 1.71. The van der Waals surface area contributed by atoms with Crippen LogP contribution in [0, 0.1) is 29.9 Å². The highest BCUT2D eigenvalue weighted by Crippen LogP contribution is 2.20. The van der Waals surface area contributed by atoms with Crippen LogP contribution in [0.25, 0.3) is 6.08 Å². The third-order valence-corrected chi connectivity index (χ3v) is 2.84. The lowest BCUT2D eigenvalue weighted by Gasteiger charge is -2.03. The van der Waals surface area contributed by atoms with Gasteiger partial charge in [0, 0.05) is 18.2 Å². The van der Waals surface area contributed by atoms with E-state index in [2.05, 4.69) is 0 Å². The molecule has 0 radical (unpaired) electrons. The second kappa shape index (κ2) is 6.64. The van der Waals surface area contributed by atoms with E-state index in [4.69, 9.17) is 10.00 Å². The first-order chi connectivity index (χ1) is 10.5. The molecule has 0 bridgehead atoms. The number of nitrogens with zero attached hydrogens (tertiary/aromatic N) is 1. The van der Waals surface area contributed by atoms with Gasteiger partial charge in [-0.05, 0) is 18.6 Å². The number of ether oxygens (including phenoxy) is 1. The summed E-state index contributed by atoms with van der Waals surface area (Å²) >= 11 is 0. The fourth-order valence-electron chi connectivity index (χ4n) is 1.71. The van der Waals surface area contributed by atoms with Crippen LogP contribution >= 0.6 is 0 Å². The molecule has 0 aliphatic heterocycles. The molecule has 2 aromatic rings. The summed E-state index contributed by atoms with van der Waals surface area (Å²) in [4.78, 5) is 11.6. The lowest BCUT2D eigenvalue weighted by Crippen LogP contribution is -2.05. The Morgan fingerprint density at radius 2 is 1.77 bits per heavy atom. The Labute approximate surface area is 126 Å². The summed E-state index contributed by atoms with van der Waals surface area (Å²) in [6.07, 6.45) is 2.68. The minimum Gasteiger partial charge on any atom is -0.423 e. The molecule has 0 N–H and O–H groups in total. The second-order valence-electron chi connectivity index (χ2n) is 4.54. The molecule has 3 nitrogen and oxygen atoms in total. The number of halogens is 2. The van der Waals surface area contributed by atoms with E-state index >= 15 is 0 Å². The molecule has 5 heteroatoms. The summed E-state index contributed by atoms with van der Waals surface area (Å²) in [7, 11) is 0. The molecule has 0 spiro atoms. The van der Waals surface area contributed by atoms with E-state index in [1.807, 2.05) is 31.2 Å². The van der Waals surface area contributed by atoms with E-state index in [0.717, 1.165) is 29.3 Å². The third-order valence-electron chi connectivity index (χ3n) is 2.84. The van der Waals surface area contributed by atoms with Crippen molar-refractivity contribution in [2.75, 3.05) is 0 Å². The molecule has 0 amide bonds. The van der Waals surface area contributed by atoms with Crippen molar-refractivity contribution in [1.29, 1.82) is 5.26 Å². The topological polar surface area (TPSA) is 50.1 Å². The maximum Gasteiger partial charge on any atom is 0.336 e. The van der Waals surface area contributed by atoms with E-state index in [9.17, 15) is 13.6 Å². The van der Waals surface area contributed by atoms with E-state index in [1.165, 1.54) is 12.1 Å². The molecular weight excluding hydrogens is 288 g/mol. The van der Waals surface area contributed by atoms with Crippen LogP contribution in [-0.2, 0) is 4.79 Å². The minimum atomic E-state index is -1.08. The van der Waals surface area contributed by atoms with Crippen LogP contribution in [-0.4, -0.2) is 5.97 Å². The number of carbonyl (C=O) groups excluding carboxylic acids is 1. The smallest absolute Gasteiger partial charge is 0.336 e. The van der Waals surface area contributed by atoms with Crippen molar-refractivity contribution in [2.45, 2.75) is 6.92 Å².